The van der Waals surface area contributed by atoms with Gasteiger partial charge >= 0.3 is 0 Å². The molecule has 1 aromatic carbocycles. The van der Waals surface area contributed by atoms with Gasteiger partial charge in [0, 0.05) is 5.54 Å². The minimum absolute atomic E-state index is 0.157. The zero-order valence-corrected chi connectivity index (χ0v) is 12.6. The number of aliphatic hydroxyl groups excluding tert-OH is 1. The highest BCUT2D eigenvalue weighted by molar-refractivity contribution is 5.35. The molecular formula is C16H27NO2. The summed E-state index contributed by atoms with van der Waals surface area (Å²) in [5, 5.41) is 12.7. The van der Waals surface area contributed by atoms with E-state index in [1.807, 2.05) is 0 Å². The summed E-state index contributed by atoms with van der Waals surface area (Å²) in [7, 11) is 0. The van der Waals surface area contributed by atoms with Crippen LogP contribution in [-0.2, 0) is 0 Å². The molecule has 0 fully saturated rings. The van der Waals surface area contributed by atoms with Crippen molar-refractivity contribution in [2.75, 3.05) is 19.8 Å². The molecule has 2 N–H and O–H groups in total. The molecule has 0 spiro atoms. The van der Waals surface area contributed by atoms with Crippen LogP contribution in [0.1, 0.15) is 37.8 Å². The molecule has 108 valence electrons. The second kappa shape index (κ2) is 7.51. The van der Waals surface area contributed by atoms with Crippen molar-refractivity contribution in [3.8, 4) is 5.75 Å². The van der Waals surface area contributed by atoms with Gasteiger partial charge in [-0.05, 0) is 57.4 Å². The van der Waals surface area contributed by atoms with E-state index in [1.165, 1.54) is 11.1 Å². The van der Waals surface area contributed by atoms with Crippen LogP contribution in [0.15, 0.2) is 18.2 Å². The fourth-order valence-corrected chi connectivity index (χ4v) is 2.16. The number of aliphatic hydroxyl groups is 1. The van der Waals surface area contributed by atoms with Crippen molar-refractivity contribution >= 4 is 0 Å². The van der Waals surface area contributed by atoms with Gasteiger partial charge in [0.05, 0.1) is 13.2 Å². The third-order valence-electron chi connectivity index (χ3n) is 3.43. The summed E-state index contributed by atoms with van der Waals surface area (Å²) in [5.74, 6) is 0.967. The summed E-state index contributed by atoms with van der Waals surface area (Å²) >= 11 is 0. The fraction of sp³-hybridized carbons (Fsp3) is 0.625. The summed E-state index contributed by atoms with van der Waals surface area (Å²) in [5.41, 5.74) is 2.19. The number of aryl methyl sites for hydroxylation is 2. The summed E-state index contributed by atoms with van der Waals surface area (Å²) in [6.45, 7) is 9.95. The minimum atomic E-state index is -0.195. The second-order valence-corrected chi connectivity index (χ2v) is 5.47. The summed E-state index contributed by atoms with van der Waals surface area (Å²) < 4.78 is 5.83. The Bertz CT molecular complexity index is 392. The largest absolute Gasteiger partial charge is 0.493 e. The van der Waals surface area contributed by atoms with Gasteiger partial charge in [0.15, 0.2) is 0 Å². The molecule has 0 heterocycles. The predicted octanol–water partition coefficient (Wildman–Crippen LogP) is 2.82. The first-order chi connectivity index (χ1) is 9.00. The zero-order valence-electron chi connectivity index (χ0n) is 12.6. The summed E-state index contributed by atoms with van der Waals surface area (Å²) in [6.07, 6.45) is 1.83. The number of nitrogens with one attached hydrogen (secondary N) is 1. The van der Waals surface area contributed by atoms with Gasteiger partial charge in [-0.3, -0.25) is 0 Å². The van der Waals surface area contributed by atoms with Crippen molar-refractivity contribution in [2.24, 2.45) is 0 Å². The highest BCUT2D eigenvalue weighted by Crippen LogP contribution is 2.20. The Labute approximate surface area is 117 Å². The Morgan fingerprint density at radius 2 is 2.05 bits per heavy atom. The van der Waals surface area contributed by atoms with E-state index >= 15 is 0 Å². The fourth-order valence-electron chi connectivity index (χ4n) is 2.16. The van der Waals surface area contributed by atoms with Gasteiger partial charge in [-0.2, -0.15) is 0 Å². The molecule has 0 aromatic heterocycles. The van der Waals surface area contributed by atoms with Crippen molar-refractivity contribution in [1.82, 2.24) is 5.32 Å². The van der Waals surface area contributed by atoms with Crippen molar-refractivity contribution in [3.63, 3.8) is 0 Å². The van der Waals surface area contributed by atoms with E-state index in [2.05, 4.69) is 51.2 Å². The van der Waals surface area contributed by atoms with Crippen molar-refractivity contribution in [3.05, 3.63) is 29.3 Å². The molecule has 19 heavy (non-hydrogen) atoms. The third kappa shape index (κ3) is 5.21. The van der Waals surface area contributed by atoms with Gasteiger partial charge in [0.2, 0.25) is 0 Å². The molecule has 0 saturated heterocycles. The average molecular weight is 265 g/mol. The normalized spacial score (nSPS) is 14.2. The molecule has 3 nitrogen and oxygen atoms in total. The molecule has 0 radical (unpaired) electrons. The maximum absolute atomic E-state index is 9.41. The standard InChI is InChI=1S/C16H27NO2/c1-5-17-16(4,12-18)9-6-10-19-15-11-13(2)7-8-14(15)3/h7-8,11,17-18H,5-6,9-10,12H2,1-4H3. The zero-order chi connectivity index (χ0) is 14.3. The summed E-state index contributed by atoms with van der Waals surface area (Å²) in [6, 6.07) is 6.25. The van der Waals surface area contributed by atoms with Crippen LogP contribution in [0.4, 0.5) is 0 Å². The second-order valence-electron chi connectivity index (χ2n) is 5.47. The number of likely N-dealkylation sites (N-methyl/N-ethyl adjacent to an activating group) is 1. The Kier molecular flexibility index (Phi) is 6.32. The Morgan fingerprint density at radius 3 is 2.68 bits per heavy atom. The van der Waals surface area contributed by atoms with Crippen molar-refractivity contribution in [2.45, 2.75) is 46.1 Å². The molecule has 0 aliphatic heterocycles. The number of hydrogen-bond acceptors (Lipinski definition) is 3. The minimum Gasteiger partial charge on any atom is -0.493 e. The smallest absolute Gasteiger partial charge is 0.122 e. The maximum Gasteiger partial charge on any atom is 0.122 e. The topological polar surface area (TPSA) is 41.5 Å². The van der Waals surface area contributed by atoms with E-state index in [0.717, 1.165) is 25.1 Å². The lowest BCUT2D eigenvalue weighted by atomic mass is 9.97. The molecule has 3 heteroatoms. The molecular weight excluding hydrogens is 238 g/mol. The van der Waals surface area contributed by atoms with Crippen molar-refractivity contribution < 1.29 is 9.84 Å². The molecule has 1 unspecified atom stereocenters. The molecule has 0 aliphatic rings. The maximum atomic E-state index is 9.41. The third-order valence-corrected chi connectivity index (χ3v) is 3.43. The molecule has 0 aliphatic carbocycles. The van der Waals surface area contributed by atoms with Crippen LogP contribution in [0.25, 0.3) is 0 Å². The van der Waals surface area contributed by atoms with Gasteiger partial charge in [-0.15, -0.1) is 0 Å². The molecule has 1 rings (SSSR count). The molecule has 0 saturated carbocycles. The van der Waals surface area contributed by atoms with Crippen LogP contribution in [0.3, 0.4) is 0 Å². The highest BCUT2D eigenvalue weighted by Gasteiger charge is 2.20. The molecule has 1 aromatic rings. The first-order valence-electron chi connectivity index (χ1n) is 7.06. The lowest BCUT2D eigenvalue weighted by Crippen LogP contribution is -2.45. The van der Waals surface area contributed by atoms with E-state index in [4.69, 9.17) is 4.74 Å². The van der Waals surface area contributed by atoms with Gasteiger partial charge < -0.3 is 15.2 Å². The van der Waals surface area contributed by atoms with Crippen LogP contribution in [0.5, 0.6) is 5.75 Å². The van der Waals surface area contributed by atoms with Gasteiger partial charge in [0.25, 0.3) is 0 Å². The SMILES string of the molecule is CCNC(C)(CO)CCCOc1cc(C)ccc1C. The number of benzene rings is 1. The first kappa shape index (κ1) is 16.0. The van der Waals surface area contributed by atoms with E-state index in [0.29, 0.717) is 6.61 Å². The average Bonchev–Trinajstić information content (AvgIpc) is 2.39. The van der Waals surface area contributed by atoms with E-state index < -0.39 is 0 Å². The Balaban J connectivity index is 2.40. The monoisotopic (exact) mass is 265 g/mol. The van der Waals surface area contributed by atoms with E-state index in [-0.39, 0.29) is 12.1 Å². The summed E-state index contributed by atoms with van der Waals surface area (Å²) in [4.78, 5) is 0. The number of rotatable bonds is 8. The quantitative estimate of drug-likeness (QED) is 0.710. The molecule has 0 bridgehead atoms. The van der Waals surface area contributed by atoms with Crippen LogP contribution in [0.2, 0.25) is 0 Å². The van der Waals surface area contributed by atoms with Crippen LogP contribution in [-0.4, -0.2) is 30.4 Å². The molecule has 1 atom stereocenters. The highest BCUT2D eigenvalue weighted by atomic mass is 16.5. The molecule has 0 amide bonds. The van der Waals surface area contributed by atoms with Crippen molar-refractivity contribution in [1.29, 1.82) is 0 Å². The van der Waals surface area contributed by atoms with Gasteiger partial charge in [-0.1, -0.05) is 19.1 Å². The lowest BCUT2D eigenvalue weighted by Gasteiger charge is -2.28. The number of hydrogen-bond donors (Lipinski definition) is 2. The predicted molar refractivity (Wildman–Crippen MR) is 79.8 cm³/mol. The van der Waals surface area contributed by atoms with E-state index in [1.54, 1.807) is 0 Å². The van der Waals surface area contributed by atoms with Crippen LogP contribution in [0, 0.1) is 13.8 Å². The Morgan fingerprint density at radius 1 is 1.32 bits per heavy atom. The van der Waals surface area contributed by atoms with Gasteiger partial charge in [-0.25, -0.2) is 0 Å². The van der Waals surface area contributed by atoms with E-state index in [9.17, 15) is 5.11 Å². The Hall–Kier alpha value is -1.06. The van der Waals surface area contributed by atoms with Crippen LogP contribution < -0.4 is 10.1 Å². The first-order valence-corrected chi connectivity index (χ1v) is 7.06. The lowest BCUT2D eigenvalue weighted by molar-refractivity contribution is 0.158. The number of ether oxygens (including phenoxy) is 1. The van der Waals surface area contributed by atoms with Gasteiger partial charge in [0.1, 0.15) is 5.75 Å². The van der Waals surface area contributed by atoms with Crippen LogP contribution >= 0.6 is 0 Å².